The van der Waals surface area contributed by atoms with Crippen LogP contribution < -0.4 is 10.5 Å². The van der Waals surface area contributed by atoms with Crippen LogP contribution >= 0.6 is 12.2 Å². The Morgan fingerprint density at radius 1 is 1.28 bits per heavy atom. The van der Waals surface area contributed by atoms with E-state index in [-0.39, 0.29) is 17.4 Å². The molecule has 3 nitrogen and oxygen atoms in total. The van der Waals surface area contributed by atoms with E-state index < -0.39 is 0 Å². The predicted molar refractivity (Wildman–Crippen MR) is 70.9 cm³/mol. The fourth-order valence-electron chi connectivity index (χ4n) is 1.39. The van der Waals surface area contributed by atoms with Gasteiger partial charge in [-0.3, -0.25) is 0 Å². The third kappa shape index (κ3) is 3.01. The summed E-state index contributed by atoms with van der Waals surface area (Å²) in [6, 6.07) is 9.83. The maximum atomic E-state index is 13.3. The summed E-state index contributed by atoms with van der Waals surface area (Å²) in [6.07, 6.45) is 1.51. The van der Waals surface area contributed by atoms with Gasteiger partial charge in [-0.15, -0.1) is 0 Å². The van der Waals surface area contributed by atoms with Gasteiger partial charge in [-0.1, -0.05) is 30.4 Å². The SMILES string of the molecule is NC(=S)c1ccc(OCc2ccccc2F)cn1. The molecule has 0 aliphatic rings. The van der Waals surface area contributed by atoms with Gasteiger partial charge in [-0.25, -0.2) is 9.37 Å². The van der Waals surface area contributed by atoms with E-state index in [1.54, 1.807) is 30.3 Å². The lowest BCUT2D eigenvalue weighted by atomic mass is 10.2. The minimum atomic E-state index is -0.287. The van der Waals surface area contributed by atoms with E-state index in [0.717, 1.165) is 0 Å². The van der Waals surface area contributed by atoms with Gasteiger partial charge >= 0.3 is 0 Å². The van der Waals surface area contributed by atoms with Crippen molar-refractivity contribution in [3.05, 3.63) is 59.7 Å². The van der Waals surface area contributed by atoms with E-state index in [4.69, 9.17) is 22.7 Å². The first-order valence-electron chi connectivity index (χ1n) is 5.29. The molecule has 0 aliphatic heterocycles. The first-order valence-corrected chi connectivity index (χ1v) is 5.69. The molecule has 0 spiro atoms. The zero-order chi connectivity index (χ0) is 13.0. The topological polar surface area (TPSA) is 48.1 Å². The molecule has 0 atom stereocenters. The number of benzene rings is 1. The number of ether oxygens (including phenoxy) is 1. The number of pyridine rings is 1. The summed E-state index contributed by atoms with van der Waals surface area (Å²) >= 11 is 4.79. The van der Waals surface area contributed by atoms with Crippen LogP contribution in [0.2, 0.25) is 0 Å². The summed E-state index contributed by atoms with van der Waals surface area (Å²) in [4.78, 5) is 4.26. The van der Waals surface area contributed by atoms with Crippen molar-refractivity contribution in [1.82, 2.24) is 4.98 Å². The van der Waals surface area contributed by atoms with Crippen LogP contribution in [0.1, 0.15) is 11.3 Å². The van der Waals surface area contributed by atoms with Gasteiger partial charge in [0.25, 0.3) is 0 Å². The number of rotatable bonds is 4. The quantitative estimate of drug-likeness (QED) is 0.860. The Morgan fingerprint density at radius 3 is 2.67 bits per heavy atom. The highest BCUT2D eigenvalue weighted by Crippen LogP contribution is 2.13. The van der Waals surface area contributed by atoms with E-state index in [1.165, 1.54) is 12.3 Å². The van der Waals surface area contributed by atoms with E-state index in [9.17, 15) is 4.39 Å². The average molecular weight is 262 g/mol. The number of aromatic nitrogens is 1. The highest BCUT2D eigenvalue weighted by Gasteiger charge is 2.03. The molecule has 5 heteroatoms. The summed E-state index contributed by atoms with van der Waals surface area (Å²) in [6.45, 7) is 0.154. The summed E-state index contributed by atoms with van der Waals surface area (Å²) in [5.41, 5.74) is 6.45. The van der Waals surface area contributed by atoms with E-state index in [2.05, 4.69) is 4.98 Å². The predicted octanol–water partition coefficient (Wildman–Crippen LogP) is 2.43. The molecule has 0 saturated carbocycles. The molecule has 0 fully saturated rings. The van der Waals surface area contributed by atoms with E-state index in [0.29, 0.717) is 17.0 Å². The molecule has 1 heterocycles. The maximum Gasteiger partial charge on any atom is 0.138 e. The van der Waals surface area contributed by atoms with Crippen molar-refractivity contribution in [3.8, 4) is 5.75 Å². The Kier molecular flexibility index (Phi) is 3.84. The van der Waals surface area contributed by atoms with Crippen LogP contribution in [0.5, 0.6) is 5.75 Å². The van der Waals surface area contributed by atoms with Crippen LogP contribution in [-0.2, 0) is 6.61 Å². The van der Waals surface area contributed by atoms with Gasteiger partial charge < -0.3 is 10.5 Å². The molecule has 0 aliphatic carbocycles. The summed E-state index contributed by atoms with van der Waals surface area (Å²) < 4.78 is 18.8. The summed E-state index contributed by atoms with van der Waals surface area (Å²) in [5.74, 6) is 0.253. The molecule has 0 amide bonds. The first-order chi connectivity index (χ1) is 8.66. The number of nitrogens with zero attached hydrogens (tertiary/aromatic N) is 1. The highest BCUT2D eigenvalue weighted by atomic mass is 32.1. The fraction of sp³-hybridized carbons (Fsp3) is 0.0769. The number of hydrogen-bond acceptors (Lipinski definition) is 3. The van der Waals surface area contributed by atoms with Gasteiger partial charge in [-0.2, -0.15) is 0 Å². The molecule has 2 rings (SSSR count). The zero-order valence-corrected chi connectivity index (χ0v) is 10.3. The van der Waals surface area contributed by atoms with E-state index in [1.807, 2.05) is 0 Å². The van der Waals surface area contributed by atoms with Crippen molar-refractivity contribution in [2.45, 2.75) is 6.61 Å². The minimum Gasteiger partial charge on any atom is -0.487 e. The Labute approximate surface area is 109 Å². The Bertz CT molecular complexity index is 557. The Morgan fingerprint density at radius 2 is 2.06 bits per heavy atom. The van der Waals surface area contributed by atoms with Crippen LogP contribution in [0, 0.1) is 5.82 Å². The van der Waals surface area contributed by atoms with Crippen LogP contribution in [-0.4, -0.2) is 9.97 Å². The highest BCUT2D eigenvalue weighted by molar-refractivity contribution is 7.80. The lowest BCUT2D eigenvalue weighted by Gasteiger charge is -2.07. The lowest BCUT2D eigenvalue weighted by molar-refractivity contribution is 0.298. The summed E-state index contributed by atoms with van der Waals surface area (Å²) in [5, 5.41) is 0. The monoisotopic (exact) mass is 262 g/mol. The van der Waals surface area contributed by atoms with Crippen LogP contribution in [0.4, 0.5) is 4.39 Å². The maximum absolute atomic E-state index is 13.3. The summed E-state index contributed by atoms with van der Waals surface area (Å²) in [7, 11) is 0. The lowest BCUT2D eigenvalue weighted by Crippen LogP contribution is -2.11. The van der Waals surface area contributed by atoms with Gasteiger partial charge in [0.2, 0.25) is 0 Å². The molecule has 0 saturated heterocycles. The largest absolute Gasteiger partial charge is 0.487 e. The van der Waals surface area contributed by atoms with Crippen molar-refractivity contribution in [2.24, 2.45) is 5.73 Å². The molecule has 92 valence electrons. The van der Waals surface area contributed by atoms with Gasteiger partial charge in [0.05, 0.1) is 11.9 Å². The second kappa shape index (κ2) is 5.55. The molecular formula is C13H11FN2OS. The standard InChI is InChI=1S/C13H11FN2OS/c14-11-4-2-1-3-9(11)8-17-10-5-6-12(13(15)18)16-7-10/h1-7H,8H2,(H2,15,18). The molecular weight excluding hydrogens is 251 g/mol. The van der Waals surface area contributed by atoms with Gasteiger partial charge in [0.15, 0.2) is 0 Å². The zero-order valence-electron chi connectivity index (χ0n) is 9.47. The van der Waals surface area contributed by atoms with Gasteiger partial charge in [0.1, 0.15) is 23.2 Å². The smallest absolute Gasteiger partial charge is 0.138 e. The van der Waals surface area contributed by atoms with Crippen LogP contribution in [0.3, 0.4) is 0 Å². The number of halogens is 1. The molecule has 1 aromatic heterocycles. The van der Waals surface area contributed by atoms with Gasteiger partial charge in [0, 0.05) is 5.56 Å². The average Bonchev–Trinajstić information content (AvgIpc) is 2.38. The van der Waals surface area contributed by atoms with Crippen molar-refractivity contribution >= 4 is 17.2 Å². The molecule has 0 radical (unpaired) electrons. The molecule has 1 aromatic carbocycles. The first kappa shape index (κ1) is 12.4. The normalized spacial score (nSPS) is 10.1. The molecule has 0 bridgehead atoms. The van der Waals surface area contributed by atoms with Crippen molar-refractivity contribution in [1.29, 1.82) is 0 Å². The van der Waals surface area contributed by atoms with Crippen molar-refractivity contribution in [3.63, 3.8) is 0 Å². The minimum absolute atomic E-state index is 0.154. The fourth-order valence-corrected chi connectivity index (χ4v) is 1.51. The van der Waals surface area contributed by atoms with Crippen LogP contribution in [0.25, 0.3) is 0 Å². The van der Waals surface area contributed by atoms with Crippen LogP contribution in [0.15, 0.2) is 42.6 Å². The number of thiocarbonyl (C=S) groups is 1. The van der Waals surface area contributed by atoms with Crippen molar-refractivity contribution < 1.29 is 9.13 Å². The molecule has 0 unspecified atom stereocenters. The molecule has 18 heavy (non-hydrogen) atoms. The number of nitrogens with two attached hydrogens (primary N) is 1. The van der Waals surface area contributed by atoms with E-state index >= 15 is 0 Å². The third-order valence-electron chi connectivity index (χ3n) is 2.34. The second-order valence-corrected chi connectivity index (χ2v) is 4.06. The Balaban J connectivity index is 2.02. The molecule has 2 aromatic rings. The van der Waals surface area contributed by atoms with Crippen molar-refractivity contribution in [2.75, 3.05) is 0 Å². The molecule has 2 N–H and O–H groups in total. The van der Waals surface area contributed by atoms with Gasteiger partial charge in [-0.05, 0) is 18.2 Å². The Hall–Kier alpha value is -2.01. The third-order valence-corrected chi connectivity index (χ3v) is 2.55. The second-order valence-electron chi connectivity index (χ2n) is 3.62. The number of hydrogen-bond donors (Lipinski definition) is 1.